The molecule has 0 amide bonds. The number of hydrogen-bond acceptors (Lipinski definition) is 6. The third-order valence-electron chi connectivity index (χ3n) is 2.15. The van der Waals surface area contributed by atoms with Crippen molar-refractivity contribution >= 4 is 34.0 Å². The minimum absolute atomic E-state index is 0.346. The zero-order valence-corrected chi connectivity index (χ0v) is 10.4. The van der Waals surface area contributed by atoms with E-state index in [0.717, 1.165) is 22.3 Å². The fourth-order valence-electron chi connectivity index (χ4n) is 1.10. The van der Waals surface area contributed by atoms with E-state index in [1.54, 1.807) is 0 Å². The number of ketones is 1. The Morgan fingerprint density at radius 2 is 2.27 bits per heavy atom. The molecule has 0 bridgehead atoms. The highest BCUT2D eigenvalue weighted by molar-refractivity contribution is 8.01. The van der Waals surface area contributed by atoms with Crippen molar-refractivity contribution in [2.45, 2.75) is 17.2 Å². The Hall–Kier alpha value is -0.620. The molecule has 2 rings (SSSR count). The van der Waals surface area contributed by atoms with Gasteiger partial charge in [-0.3, -0.25) is 4.79 Å². The number of Topliss-reactive ketones (excluding diaryl/α,β-unsaturated/α-hetero) is 1. The van der Waals surface area contributed by atoms with Crippen molar-refractivity contribution in [2.75, 3.05) is 24.7 Å². The van der Waals surface area contributed by atoms with Crippen molar-refractivity contribution < 1.29 is 4.79 Å². The number of anilines is 1. The average molecular weight is 243 g/mol. The standard InChI is InChI=1S/C9H13N3OS2/c1-12(2)8-10-11-9(15-8)14-5-7(13)6-3-4-6/h6H,3-5H2,1-2H3. The molecule has 15 heavy (non-hydrogen) atoms. The molecule has 0 unspecified atom stereocenters. The van der Waals surface area contributed by atoms with Crippen molar-refractivity contribution in [1.82, 2.24) is 10.2 Å². The van der Waals surface area contributed by atoms with Crippen molar-refractivity contribution in [2.24, 2.45) is 5.92 Å². The molecule has 0 spiro atoms. The van der Waals surface area contributed by atoms with Crippen LogP contribution in [0.5, 0.6) is 0 Å². The molecule has 0 atom stereocenters. The molecule has 0 radical (unpaired) electrons. The highest BCUT2D eigenvalue weighted by atomic mass is 32.2. The van der Waals surface area contributed by atoms with Crippen LogP contribution in [0.15, 0.2) is 4.34 Å². The summed E-state index contributed by atoms with van der Waals surface area (Å²) in [5, 5.41) is 8.93. The van der Waals surface area contributed by atoms with Crippen LogP contribution in [-0.4, -0.2) is 35.8 Å². The Labute approximate surface area is 97.1 Å². The van der Waals surface area contributed by atoms with Crippen LogP contribution in [-0.2, 0) is 4.79 Å². The van der Waals surface area contributed by atoms with Gasteiger partial charge in [-0.1, -0.05) is 23.1 Å². The zero-order chi connectivity index (χ0) is 10.8. The molecule has 1 aliphatic carbocycles. The molecule has 0 saturated heterocycles. The van der Waals surface area contributed by atoms with E-state index in [-0.39, 0.29) is 0 Å². The molecule has 1 fully saturated rings. The molecule has 1 saturated carbocycles. The lowest BCUT2D eigenvalue weighted by Gasteiger charge is -2.03. The van der Waals surface area contributed by atoms with E-state index in [1.807, 2.05) is 19.0 Å². The van der Waals surface area contributed by atoms with Crippen LogP contribution in [0.3, 0.4) is 0 Å². The Morgan fingerprint density at radius 1 is 1.53 bits per heavy atom. The number of carbonyl (C=O) groups excluding carboxylic acids is 1. The van der Waals surface area contributed by atoms with Gasteiger partial charge in [0.25, 0.3) is 0 Å². The molecule has 0 N–H and O–H groups in total. The second kappa shape index (κ2) is 4.49. The minimum Gasteiger partial charge on any atom is -0.353 e. The fraction of sp³-hybridized carbons (Fsp3) is 0.667. The van der Waals surface area contributed by atoms with Crippen LogP contribution < -0.4 is 4.90 Å². The van der Waals surface area contributed by atoms with Crippen molar-refractivity contribution in [3.8, 4) is 0 Å². The summed E-state index contributed by atoms with van der Waals surface area (Å²) in [4.78, 5) is 13.4. The maximum absolute atomic E-state index is 11.4. The summed E-state index contributed by atoms with van der Waals surface area (Å²) in [7, 11) is 3.87. The van der Waals surface area contributed by atoms with E-state index in [2.05, 4.69) is 10.2 Å². The predicted octanol–water partition coefficient (Wildman–Crippen LogP) is 1.68. The molecule has 1 aromatic rings. The first-order chi connectivity index (χ1) is 7.16. The summed E-state index contributed by atoms with van der Waals surface area (Å²) < 4.78 is 0.882. The first kappa shape index (κ1) is 10.9. The molecule has 1 aliphatic rings. The maximum Gasteiger partial charge on any atom is 0.208 e. The number of thioether (sulfide) groups is 1. The van der Waals surface area contributed by atoms with Crippen LogP contribution in [0.25, 0.3) is 0 Å². The number of nitrogens with zero attached hydrogens (tertiary/aromatic N) is 3. The van der Waals surface area contributed by atoms with Gasteiger partial charge in [-0.2, -0.15) is 0 Å². The van der Waals surface area contributed by atoms with Gasteiger partial charge in [-0.25, -0.2) is 0 Å². The number of carbonyl (C=O) groups is 1. The lowest BCUT2D eigenvalue weighted by atomic mass is 10.3. The van der Waals surface area contributed by atoms with Crippen LogP contribution in [0.2, 0.25) is 0 Å². The second-order valence-corrected chi connectivity index (χ2v) is 5.95. The van der Waals surface area contributed by atoms with Gasteiger partial charge in [-0.15, -0.1) is 10.2 Å². The van der Waals surface area contributed by atoms with Crippen molar-refractivity contribution in [1.29, 1.82) is 0 Å². The Balaban J connectivity index is 1.84. The highest BCUT2D eigenvalue weighted by Gasteiger charge is 2.29. The summed E-state index contributed by atoms with van der Waals surface area (Å²) in [6.07, 6.45) is 2.16. The SMILES string of the molecule is CN(C)c1nnc(SCC(=O)C2CC2)s1. The van der Waals surface area contributed by atoms with E-state index < -0.39 is 0 Å². The Morgan fingerprint density at radius 3 is 2.80 bits per heavy atom. The van der Waals surface area contributed by atoms with E-state index in [9.17, 15) is 4.79 Å². The van der Waals surface area contributed by atoms with Crippen LogP contribution in [0, 0.1) is 5.92 Å². The summed E-state index contributed by atoms with van der Waals surface area (Å²) in [5.41, 5.74) is 0. The van der Waals surface area contributed by atoms with Gasteiger partial charge < -0.3 is 4.90 Å². The predicted molar refractivity (Wildman–Crippen MR) is 62.7 cm³/mol. The third-order valence-corrected chi connectivity index (χ3v) is 4.40. The monoisotopic (exact) mass is 243 g/mol. The lowest BCUT2D eigenvalue weighted by molar-refractivity contribution is -0.117. The summed E-state index contributed by atoms with van der Waals surface area (Å²) >= 11 is 3.03. The van der Waals surface area contributed by atoms with E-state index in [4.69, 9.17) is 0 Å². The molecule has 1 heterocycles. The molecule has 6 heteroatoms. The normalized spacial score (nSPS) is 15.3. The van der Waals surface area contributed by atoms with Gasteiger partial charge in [0.05, 0.1) is 5.75 Å². The molecular weight excluding hydrogens is 230 g/mol. The van der Waals surface area contributed by atoms with E-state index >= 15 is 0 Å². The lowest BCUT2D eigenvalue weighted by Crippen LogP contribution is -2.07. The maximum atomic E-state index is 11.4. The molecular formula is C9H13N3OS2. The third kappa shape index (κ3) is 2.92. The summed E-state index contributed by atoms with van der Waals surface area (Å²) in [6.45, 7) is 0. The molecule has 82 valence electrons. The van der Waals surface area contributed by atoms with Gasteiger partial charge in [-0.05, 0) is 12.8 Å². The van der Waals surface area contributed by atoms with Crippen LogP contribution in [0.4, 0.5) is 5.13 Å². The topological polar surface area (TPSA) is 46.1 Å². The van der Waals surface area contributed by atoms with Gasteiger partial charge in [0.1, 0.15) is 5.78 Å². The van der Waals surface area contributed by atoms with Crippen molar-refractivity contribution in [3.05, 3.63) is 0 Å². The molecule has 4 nitrogen and oxygen atoms in total. The molecule has 0 aliphatic heterocycles. The van der Waals surface area contributed by atoms with Gasteiger partial charge >= 0.3 is 0 Å². The first-order valence-electron chi connectivity index (χ1n) is 4.83. The van der Waals surface area contributed by atoms with E-state index in [0.29, 0.717) is 17.5 Å². The van der Waals surface area contributed by atoms with Gasteiger partial charge in [0.2, 0.25) is 5.13 Å². The summed E-state index contributed by atoms with van der Waals surface area (Å²) in [6, 6.07) is 0. The number of aromatic nitrogens is 2. The Kier molecular flexibility index (Phi) is 3.25. The minimum atomic E-state index is 0.346. The smallest absolute Gasteiger partial charge is 0.208 e. The molecule has 1 aromatic heterocycles. The first-order valence-corrected chi connectivity index (χ1v) is 6.63. The fourth-order valence-corrected chi connectivity index (χ4v) is 2.84. The zero-order valence-electron chi connectivity index (χ0n) is 8.77. The Bertz CT molecular complexity index is 360. The largest absolute Gasteiger partial charge is 0.353 e. The number of hydrogen-bond donors (Lipinski definition) is 0. The van der Waals surface area contributed by atoms with Gasteiger partial charge in [0, 0.05) is 20.0 Å². The van der Waals surface area contributed by atoms with Gasteiger partial charge in [0.15, 0.2) is 4.34 Å². The quantitative estimate of drug-likeness (QED) is 0.736. The number of rotatable bonds is 5. The molecule has 0 aromatic carbocycles. The van der Waals surface area contributed by atoms with Crippen LogP contribution >= 0.6 is 23.1 Å². The highest BCUT2D eigenvalue weighted by Crippen LogP contribution is 2.33. The van der Waals surface area contributed by atoms with E-state index in [1.165, 1.54) is 23.1 Å². The average Bonchev–Trinajstić information content (AvgIpc) is 2.93. The second-order valence-electron chi connectivity index (χ2n) is 3.77. The van der Waals surface area contributed by atoms with Crippen molar-refractivity contribution in [3.63, 3.8) is 0 Å². The van der Waals surface area contributed by atoms with Crippen LogP contribution in [0.1, 0.15) is 12.8 Å². The summed E-state index contributed by atoms with van der Waals surface area (Å²) in [5.74, 6) is 1.26.